The summed E-state index contributed by atoms with van der Waals surface area (Å²) in [5.74, 6) is -0.924. The van der Waals surface area contributed by atoms with E-state index in [9.17, 15) is 9.90 Å². The van der Waals surface area contributed by atoms with Crippen LogP contribution in [0.5, 0.6) is 0 Å². The van der Waals surface area contributed by atoms with Crippen molar-refractivity contribution in [2.45, 2.75) is 63.9 Å². The van der Waals surface area contributed by atoms with Gasteiger partial charge >= 0.3 is 5.97 Å². The zero-order valence-corrected chi connectivity index (χ0v) is 19.4. The molecule has 0 fully saturated rings. The van der Waals surface area contributed by atoms with Crippen LogP contribution < -0.4 is 0 Å². The van der Waals surface area contributed by atoms with Gasteiger partial charge in [-0.3, -0.25) is 0 Å². The summed E-state index contributed by atoms with van der Waals surface area (Å²) in [5, 5.41) is 11.7. The third kappa shape index (κ3) is 3.45. The molecular formula is C28H32O3. The minimum Gasteiger partial charge on any atom is -0.478 e. The maximum Gasteiger partial charge on any atom is 0.335 e. The number of ether oxygens (including phenoxy) is 1. The Morgan fingerprint density at radius 3 is 2.06 bits per heavy atom. The molecule has 1 atom stereocenters. The lowest BCUT2D eigenvalue weighted by Gasteiger charge is -2.42. The molecule has 1 aliphatic carbocycles. The molecule has 0 aliphatic heterocycles. The Morgan fingerprint density at radius 2 is 1.52 bits per heavy atom. The molecule has 0 heterocycles. The molecule has 1 N–H and O–H groups in total. The van der Waals surface area contributed by atoms with Crippen molar-refractivity contribution in [2.24, 2.45) is 0 Å². The molecule has 1 unspecified atom stereocenters. The molecular weight excluding hydrogens is 384 g/mol. The molecule has 1 aliphatic rings. The fraction of sp³-hybridized carbons (Fsp3) is 0.393. The van der Waals surface area contributed by atoms with Crippen molar-refractivity contribution in [1.82, 2.24) is 0 Å². The summed E-state index contributed by atoms with van der Waals surface area (Å²) in [4.78, 5) is 11.3. The van der Waals surface area contributed by atoms with Crippen LogP contribution in [0.15, 0.2) is 54.6 Å². The van der Waals surface area contributed by atoms with Gasteiger partial charge in [0.05, 0.1) is 5.56 Å². The highest BCUT2D eigenvalue weighted by Gasteiger charge is 2.38. The van der Waals surface area contributed by atoms with E-state index in [2.05, 4.69) is 65.0 Å². The van der Waals surface area contributed by atoms with Gasteiger partial charge in [-0.25, -0.2) is 4.79 Å². The summed E-state index contributed by atoms with van der Waals surface area (Å²) < 4.78 is 6.11. The van der Waals surface area contributed by atoms with Gasteiger partial charge < -0.3 is 9.84 Å². The molecule has 0 radical (unpaired) electrons. The smallest absolute Gasteiger partial charge is 0.335 e. The van der Waals surface area contributed by atoms with Crippen molar-refractivity contribution in [3.8, 4) is 0 Å². The highest BCUT2D eigenvalue weighted by atomic mass is 16.5. The van der Waals surface area contributed by atoms with Crippen LogP contribution in [0.2, 0.25) is 0 Å². The van der Waals surface area contributed by atoms with E-state index >= 15 is 0 Å². The first-order chi connectivity index (χ1) is 14.5. The van der Waals surface area contributed by atoms with Crippen molar-refractivity contribution in [1.29, 1.82) is 0 Å². The van der Waals surface area contributed by atoms with Crippen molar-refractivity contribution in [3.63, 3.8) is 0 Å². The second-order valence-electron chi connectivity index (χ2n) is 10.3. The monoisotopic (exact) mass is 416 g/mol. The molecule has 3 heteroatoms. The van der Waals surface area contributed by atoms with Crippen LogP contribution in [-0.4, -0.2) is 18.2 Å². The molecule has 4 rings (SSSR count). The van der Waals surface area contributed by atoms with E-state index < -0.39 is 11.6 Å². The fourth-order valence-corrected chi connectivity index (χ4v) is 5.07. The van der Waals surface area contributed by atoms with Crippen molar-refractivity contribution < 1.29 is 14.6 Å². The normalized spacial score (nSPS) is 18.9. The number of benzene rings is 3. The summed E-state index contributed by atoms with van der Waals surface area (Å²) in [7, 11) is 1.72. The molecule has 0 bridgehead atoms. The summed E-state index contributed by atoms with van der Waals surface area (Å²) in [6.45, 7) is 11.4. The SMILES string of the molecule is COC(C)(c1ccc(C(=O)O)cc1)c1cccc2cc3c(cc12)C(C)(C)CCC3(C)C. The molecule has 3 nitrogen and oxygen atoms in total. The summed E-state index contributed by atoms with van der Waals surface area (Å²) in [6, 6.07) is 18.2. The third-order valence-corrected chi connectivity index (χ3v) is 7.46. The molecule has 3 aromatic carbocycles. The van der Waals surface area contributed by atoms with Gasteiger partial charge in [0.25, 0.3) is 0 Å². The molecule has 0 saturated heterocycles. The average molecular weight is 417 g/mol. The Labute approximate surface area is 185 Å². The lowest BCUT2D eigenvalue weighted by atomic mass is 9.62. The number of methoxy groups -OCH3 is 1. The van der Waals surface area contributed by atoms with Gasteiger partial charge in [-0.1, -0.05) is 64.1 Å². The molecule has 0 amide bonds. The minimum absolute atomic E-state index is 0.124. The number of hydrogen-bond donors (Lipinski definition) is 1. The highest BCUT2D eigenvalue weighted by molar-refractivity contribution is 5.90. The number of aromatic carboxylic acids is 1. The Hall–Kier alpha value is -2.65. The van der Waals surface area contributed by atoms with Crippen LogP contribution in [-0.2, 0) is 21.2 Å². The number of carbonyl (C=O) groups is 1. The maximum atomic E-state index is 11.3. The van der Waals surface area contributed by atoms with Crippen LogP contribution in [0.4, 0.5) is 0 Å². The number of fused-ring (bicyclic) bond motifs is 2. The van der Waals surface area contributed by atoms with Gasteiger partial charge in [0.1, 0.15) is 5.60 Å². The Kier molecular flexibility index (Phi) is 5.01. The number of carboxylic acid groups (broad SMARTS) is 1. The van der Waals surface area contributed by atoms with E-state index in [1.807, 2.05) is 12.1 Å². The van der Waals surface area contributed by atoms with Gasteiger partial charge in [0.2, 0.25) is 0 Å². The molecule has 0 aromatic heterocycles. The lowest BCUT2D eigenvalue weighted by Crippen LogP contribution is -2.34. The number of rotatable bonds is 4. The van der Waals surface area contributed by atoms with E-state index in [-0.39, 0.29) is 16.4 Å². The van der Waals surface area contributed by atoms with Gasteiger partial charge in [-0.2, -0.15) is 0 Å². The van der Waals surface area contributed by atoms with Crippen molar-refractivity contribution in [3.05, 3.63) is 82.4 Å². The summed E-state index contributed by atoms with van der Waals surface area (Å²) >= 11 is 0. The minimum atomic E-state index is -0.924. The topological polar surface area (TPSA) is 46.5 Å². The first-order valence-corrected chi connectivity index (χ1v) is 11.0. The second kappa shape index (κ2) is 7.20. The van der Waals surface area contributed by atoms with Crippen LogP contribution in [0.1, 0.15) is 80.1 Å². The van der Waals surface area contributed by atoms with Crippen molar-refractivity contribution in [2.75, 3.05) is 7.11 Å². The van der Waals surface area contributed by atoms with Crippen LogP contribution in [0, 0.1) is 0 Å². The van der Waals surface area contributed by atoms with Gasteiger partial charge in [0.15, 0.2) is 0 Å². The quantitative estimate of drug-likeness (QED) is 0.509. The summed E-state index contributed by atoms with van der Waals surface area (Å²) in [6.07, 6.45) is 2.35. The van der Waals surface area contributed by atoms with Gasteiger partial charge in [-0.15, -0.1) is 0 Å². The van der Waals surface area contributed by atoms with E-state index in [4.69, 9.17) is 4.74 Å². The van der Waals surface area contributed by atoms with Crippen molar-refractivity contribution >= 4 is 16.7 Å². The Bertz CT molecular complexity index is 1150. The van der Waals surface area contributed by atoms with Crippen LogP contribution >= 0.6 is 0 Å². The van der Waals surface area contributed by atoms with E-state index in [0.29, 0.717) is 0 Å². The predicted molar refractivity (Wildman–Crippen MR) is 126 cm³/mol. The zero-order chi connectivity index (χ0) is 22.6. The molecule has 0 saturated carbocycles. The number of hydrogen-bond acceptors (Lipinski definition) is 2. The first-order valence-electron chi connectivity index (χ1n) is 11.0. The zero-order valence-electron chi connectivity index (χ0n) is 19.4. The largest absolute Gasteiger partial charge is 0.478 e. The lowest BCUT2D eigenvalue weighted by molar-refractivity contribution is 0.0403. The van der Waals surface area contributed by atoms with Crippen LogP contribution in [0.3, 0.4) is 0 Å². The fourth-order valence-electron chi connectivity index (χ4n) is 5.07. The van der Waals surface area contributed by atoms with Gasteiger partial charge in [-0.05, 0) is 81.8 Å². The van der Waals surface area contributed by atoms with E-state index in [0.717, 1.165) is 11.1 Å². The van der Waals surface area contributed by atoms with E-state index in [1.54, 1.807) is 19.2 Å². The summed E-state index contributed by atoms with van der Waals surface area (Å²) in [5.41, 5.74) is 4.76. The highest BCUT2D eigenvalue weighted by Crippen LogP contribution is 2.48. The number of carboxylic acids is 1. The molecule has 3 aromatic rings. The maximum absolute atomic E-state index is 11.3. The molecule has 0 spiro atoms. The molecule has 31 heavy (non-hydrogen) atoms. The third-order valence-electron chi connectivity index (χ3n) is 7.46. The Morgan fingerprint density at radius 1 is 0.935 bits per heavy atom. The van der Waals surface area contributed by atoms with E-state index in [1.165, 1.54) is 34.7 Å². The second-order valence-corrected chi connectivity index (χ2v) is 10.3. The predicted octanol–water partition coefficient (Wildman–Crippen LogP) is 6.80. The average Bonchev–Trinajstić information content (AvgIpc) is 2.75. The molecule has 162 valence electrons. The van der Waals surface area contributed by atoms with Crippen LogP contribution in [0.25, 0.3) is 10.8 Å². The standard InChI is InChI=1S/C28H32O3/c1-26(2)14-15-27(3,4)24-17-21-19(16-23(24)26)8-7-9-22(21)28(5,31-6)20-12-10-18(11-13-20)25(29)30/h7-13,16-17H,14-15H2,1-6H3,(H,29,30). The van der Waals surface area contributed by atoms with Gasteiger partial charge in [0, 0.05) is 7.11 Å². The Balaban J connectivity index is 1.96. The first kappa shape index (κ1) is 21.6.